The number of benzene rings is 3. The molecule has 2 aliphatic rings. The molecule has 0 saturated heterocycles. The second-order valence-corrected chi connectivity index (χ2v) is 12.2. The van der Waals surface area contributed by atoms with E-state index in [1.807, 2.05) is 49.0 Å². The second kappa shape index (κ2) is 11.5. The van der Waals surface area contributed by atoms with E-state index in [0.717, 1.165) is 57.9 Å². The molecule has 1 aliphatic heterocycles. The molecular formula is C35H36N4O2S. The smallest absolute Gasteiger partial charge is 0.271 e. The predicted molar refractivity (Wildman–Crippen MR) is 174 cm³/mol. The number of aromatic nitrogens is 1. The molecule has 1 aromatic heterocycles. The monoisotopic (exact) mass is 576 g/mol. The van der Waals surface area contributed by atoms with Gasteiger partial charge in [0.25, 0.3) is 5.56 Å². The highest BCUT2D eigenvalue weighted by Crippen LogP contribution is 2.41. The summed E-state index contributed by atoms with van der Waals surface area (Å²) in [6, 6.07) is 24.8. The van der Waals surface area contributed by atoms with E-state index >= 15 is 0 Å². The van der Waals surface area contributed by atoms with Crippen molar-refractivity contribution in [2.75, 3.05) is 45.1 Å². The van der Waals surface area contributed by atoms with Gasteiger partial charge in [-0.3, -0.25) is 9.36 Å². The maximum atomic E-state index is 14.0. The molecule has 42 heavy (non-hydrogen) atoms. The normalized spacial score (nSPS) is 17.5. The fourth-order valence-corrected chi connectivity index (χ4v) is 6.73. The third-order valence-corrected chi connectivity index (χ3v) is 9.01. The van der Waals surface area contributed by atoms with Crippen LogP contribution in [0.4, 0.5) is 11.4 Å². The molecule has 4 aromatic rings. The van der Waals surface area contributed by atoms with Crippen LogP contribution in [0.2, 0.25) is 0 Å². The highest BCUT2D eigenvalue weighted by atomic mass is 32.1. The Hall–Kier alpha value is -4.36. The summed E-state index contributed by atoms with van der Waals surface area (Å²) in [4.78, 5) is 24.2. The second-order valence-electron chi connectivity index (χ2n) is 11.2. The summed E-state index contributed by atoms with van der Waals surface area (Å²) in [7, 11) is 9.85. The van der Waals surface area contributed by atoms with Crippen molar-refractivity contribution in [2.24, 2.45) is 4.99 Å². The Kier molecular flexibility index (Phi) is 7.60. The number of methoxy groups -OCH3 is 1. The van der Waals surface area contributed by atoms with Crippen LogP contribution in [-0.4, -0.2) is 39.9 Å². The highest BCUT2D eigenvalue weighted by Gasteiger charge is 2.32. The summed E-state index contributed by atoms with van der Waals surface area (Å²) < 4.78 is 7.90. The Morgan fingerprint density at radius 3 is 2.05 bits per heavy atom. The van der Waals surface area contributed by atoms with E-state index < -0.39 is 0 Å². The molecule has 6 rings (SSSR count). The van der Waals surface area contributed by atoms with Crippen molar-refractivity contribution in [2.45, 2.75) is 25.3 Å². The van der Waals surface area contributed by atoms with E-state index in [1.54, 1.807) is 7.11 Å². The Balaban J connectivity index is 1.52. The molecule has 2 heterocycles. The summed E-state index contributed by atoms with van der Waals surface area (Å²) in [6.07, 6.45) is 7.14. The van der Waals surface area contributed by atoms with Crippen molar-refractivity contribution in [1.82, 2.24) is 4.57 Å². The first-order valence-electron chi connectivity index (χ1n) is 14.3. The van der Waals surface area contributed by atoms with Crippen LogP contribution >= 0.6 is 11.3 Å². The molecule has 214 valence electrons. The lowest BCUT2D eigenvalue weighted by Gasteiger charge is -2.31. The lowest BCUT2D eigenvalue weighted by atomic mass is 9.83. The quantitative estimate of drug-likeness (QED) is 0.299. The Bertz CT molecular complexity index is 1840. The van der Waals surface area contributed by atoms with Crippen LogP contribution in [0.25, 0.3) is 12.2 Å². The average Bonchev–Trinajstić information content (AvgIpc) is 3.31. The zero-order chi connectivity index (χ0) is 29.4. The van der Waals surface area contributed by atoms with Crippen LogP contribution < -0.4 is 29.4 Å². The minimum absolute atomic E-state index is 0.00168. The largest absolute Gasteiger partial charge is 0.497 e. The summed E-state index contributed by atoms with van der Waals surface area (Å²) >= 11 is 1.46. The molecule has 0 bridgehead atoms. The lowest BCUT2D eigenvalue weighted by molar-refractivity contribution is 0.415. The number of thiazole rings is 1. The van der Waals surface area contributed by atoms with Crippen molar-refractivity contribution in [1.29, 1.82) is 0 Å². The van der Waals surface area contributed by atoms with Crippen LogP contribution in [-0.2, 0) is 0 Å². The molecule has 1 unspecified atom stereocenters. The van der Waals surface area contributed by atoms with Crippen LogP contribution in [0.3, 0.4) is 0 Å². The number of anilines is 2. The van der Waals surface area contributed by atoms with E-state index in [4.69, 9.17) is 9.73 Å². The number of ether oxygens (including phenoxy) is 1. The van der Waals surface area contributed by atoms with E-state index in [9.17, 15) is 4.79 Å². The molecule has 3 aromatic carbocycles. The molecule has 0 amide bonds. The summed E-state index contributed by atoms with van der Waals surface area (Å²) in [5.41, 5.74) is 9.02. The maximum absolute atomic E-state index is 14.0. The van der Waals surface area contributed by atoms with Crippen LogP contribution in [0, 0.1) is 0 Å². The number of hydrogen-bond donors (Lipinski definition) is 0. The van der Waals surface area contributed by atoms with Gasteiger partial charge in [0.2, 0.25) is 0 Å². The fourth-order valence-electron chi connectivity index (χ4n) is 5.73. The minimum atomic E-state index is -0.190. The predicted octanol–water partition coefficient (Wildman–Crippen LogP) is 5.62. The van der Waals surface area contributed by atoms with E-state index in [1.165, 1.54) is 28.2 Å². The van der Waals surface area contributed by atoms with Gasteiger partial charge < -0.3 is 14.5 Å². The van der Waals surface area contributed by atoms with Crippen molar-refractivity contribution < 1.29 is 4.74 Å². The van der Waals surface area contributed by atoms with Crippen LogP contribution in [0.1, 0.15) is 42.0 Å². The number of nitrogens with zero attached hydrogens (tertiary/aromatic N) is 4. The first-order chi connectivity index (χ1) is 20.3. The Labute approximate surface area is 250 Å². The molecule has 0 fully saturated rings. The van der Waals surface area contributed by atoms with Gasteiger partial charge in [0.1, 0.15) is 5.75 Å². The van der Waals surface area contributed by atoms with Crippen molar-refractivity contribution >= 4 is 34.9 Å². The van der Waals surface area contributed by atoms with Crippen molar-refractivity contribution in [3.63, 3.8) is 0 Å². The van der Waals surface area contributed by atoms with Gasteiger partial charge in [-0.15, -0.1) is 0 Å². The molecule has 0 N–H and O–H groups in total. The van der Waals surface area contributed by atoms with Gasteiger partial charge in [-0.25, -0.2) is 4.99 Å². The zero-order valence-corrected chi connectivity index (χ0v) is 25.6. The Morgan fingerprint density at radius 2 is 1.43 bits per heavy atom. The molecule has 0 saturated carbocycles. The van der Waals surface area contributed by atoms with Crippen molar-refractivity contribution in [3.8, 4) is 5.75 Å². The van der Waals surface area contributed by atoms with Gasteiger partial charge in [-0.1, -0.05) is 47.7 Å². The van der Waals surface area contributed by atoms with E-state index in [-0.39, 0.29) is 11.6 Å². The first kappa shape index (κ1) is 27.8. The first-order valence-corrected chi connectivity index (χ1v) is 15.1. The molecule has 1 aliphatic carbocycles. The minimum Gasteiger partial charge on any atom is -0.497 e. The van der Waals surface area contributed by atoms with E-state index in [2.05, 4.69) is 78.5 Å². The standard InChI is InChI=1S/C35H36N4O2S/c1-37(2)27-15-9-23(10-16-27)21-26-7-6-8-30-32(26)36-35-39(33(30)25-13-17-28(18-14-25)38(3)4)34(40)31(42-35)22-24-11-19-29(41-5)20-12-24/h9-22,33H,6-8H2,1-5H3/b26-21+,31-22+. The SMILES string of the molecule is COc1ccc(/C=c2/sc3n(c2=O)C(c2ccc(N(C)C)cc2)C2=C(N=3)/C(=C/c3ccc(N(C)C)cc3)CCC2)cc1. The molecule has 0 spiro atoms. The van der Waals surface area contributed by atoms with E-state index in [0.29, 0.717) is 4.53 Å². The molecule has 7 heteroatoms. The number of hydrogen-bond acceptors (Lipinski definition) is 6. The topological polar surface area (TPSA) is 50.1 Å². The zero-order valence-electron chi connectivity index (χ0n) is 24.8. The highest BCUT2D eigenvalue weighted by molar-refractivity contribution is 7.07. The van der Waals surface area contributed by atoms with Gasteiger partial charge in [0.15, 0.2) is 4.80 Å². The summed E-state index contributed by atoms with van der Waals surface area (Å²) in [6.45, 7) is 0. The average molecular weight is 577 g/mol. The van der Waals surface area contributed by atoms with Gasteiger partial charge in [0.05, 0.1) is 23.4 Å². The van der Waals surface area contributed by atoms with Gasteiger partial charge in [-0.05, 0) is 95.6 Å². The lowest BCUT2D eigenvalue weighted by Crippen LogP contribution is -2.39. The van der Waals surface area contributed by atoms with Gasteiger partial charge in [0, 0.05) is 39.6 Å². The number of allylic oxidation sites excluding steroid dienone is 2. The third kappa shape index (κ3) is 5.32. The molecule has 6 nitrogen and oxygen atoms in total. The van der Waals surface area contributed by atoms with Gasteiger partial charge >= 0.3 is 0 Å². The number of fused-ring (bicyclic) bond motifs is 1. The van der Waals surface area contributed by atoms with Crippen molar-refractivity contribution in [3.05, 3.63) is 126 Å². The summed E-state index contributed by atoms with van der Waals surface area (Å²) in [5, 5.41) is 0. The Morgan fingerprint density at radius 1 is 0.833 bits per heavy atom. The van der Waals surface area contributed by atoms with Crippen LogP contribution in [0.5, 0.6) is 5.75 Å². The maximum Gasteiger partial charge on any atom is 0.271 e. The molecular weight excluding hydrogens is 540 g/mol. The molecule has 1 atom stereocenters. The summed E-state index contributed by atoms with van der Waals surface area (Å²) in [5.74, 6) is 0.790. The number of rotatable bonds is 6. The fraction of sp³-hybridized carbons (Fsp3) is 0.257. The van der Waals surface area contributed by atoms with Crippen LogP contribution in [0.15, 0.2) is 99.4 Å². The molecule has 0 radical (unpaired) electrons. The van der Waals surface area contributed by atoms with Gasteiger partial charge in [-0.2, -0.15) is 0 Å². The third-order valence-electron chi connectivity index (χ3n) is 8.02.